The van der Waals surface area contributed by atoms with E-state index in [9.17, 15) is 0 Å². The molecular formula is C13H11N3O. The number of nitrogens with one attached hydrogen (secondary N) is 1. The molecule has 0 bridgehead atoms. The number of nitrogens with zero attached hydrogens (tertiary/aromatic N) is 1. The zero-order chi connectivity index (χ0) is 11.7. The van der Waals surface area contributed by atoms with Gasteiger partial charge in [-0.15, -0.1) is 0 Å². The number of nitrogen functional groups attached to an aromatic ring is 1. The number of imidazole rings is 1. The number of hydrogen-bond donors (Lipinski definition) is 2. The van der Waals surface area contributed by atoms with Crippen LogP contribution in [0, 0.1) is 0 Å². The SMILES string of the molecule is Nc1cccc(Oc2nc3ccccc3[nH]2)c1. The van der Waals surface area contributed by atoms with Crippen molar-refractivity contribution in [2.24, 2.45) is 0 Å². The van der Waals surface area contributed by atoms with E-state index in [1.165, 1.54) is 0 Å². The first-order valence-corrected chi connectivity index (χ1v) is 5.29. The summed E-state index contributed by atoms with van der Waals surface area (Å²) in [6.07, 6.45) is 0. The third-order valence-electron chi connectivity index (χ3n) is 2.44. The number of H-pyrrole nitrogens is 1. The summed E-state index contributed by atoms with van der Waals surface area (Å²) in [6.45, 7) is 0. The molecule has 3 rings (SSSR count). The Bertz CT molecular complexity index is 627. The molecule has 0 saturated heterocycles. The van der Waals surface area contributed by atoms with Crippen molar-refractivity contribution < 1.29 is 4.74 Å². The van der Waals surface area contributed by atoms with Crippen LogP contribution in [0.15, 0.2) is 48.5 Å². The average Bonchev–Trinajstić information content (AvgIpc) is 2.71. The van der Waals surface area contributed by atoms with E-state index < -0.39 is 0 Å². The number of fused-ring (bicyclic) bond motifs is 1. The smallest absolute Gasteiger partial charge is 0.300 e. The van der Waals surface area contributed by atoms with Gasteiger partial charge in [-0.1, -0.05) is 18.2 Å². The highest BCUT2D eigenvalue weighted by Gasteiger charge is 2.03. The molecule has 0 atom stereocenters. The summed E-state index contributed by atoms with van der Waals surface area (Å²) >= 11 is 0. The van der Waals surface area contributed by atoms with E-state index in [-0.39, 0.29) is 0 Å². The highest BCUT2D eigenvalue weighted by molar-refractivity contribution is 5.75. The largest absolute Gasteiger partial charge is 0.426 e. The summed E-state index contributed by atoms with van der Waals surface area (Å²) in [7, 11) is 0. The maximum Gasteiger partial charge on any atom is 0.300 e. The molecular weight excluding hydrogens is 214 g/mol. The van der Waals surface area contributed by atoms with Crippen LogP contribution < -0.4 is 10.5 Å². The second-order valence-corrected chi connectivity index (χ2v) is 3.73. The van der Waals surface area contributed by atoms with Gasteiger partial charge in [0.1, 0.15) is 5.75 Å². The number of ether oxygens (including phenoxy) is 1. The van der Waals surface area contributed by atoms with Gasteiger partial charge in [0.25, 0.3) is 6.01 Å². The highest BCUT2D eigenvalue weighted by atomic mass is 16.5. The molecule has 0 fully saturated rings. The number of nitrogens with two attached hydrogens (primary N) is 1. The van der Waals surface area contributed by atoms with Crippen LogP contribution in [0.5, 0.6) is 11.8 Å². The third-order valence-corrected chi connectivity index (χ3v) is 2.44. The van der Waals surface area contributed by atoms with Crippen molar-refractivity contribution in [2.45, 2.75) is 0 Å². The van der Waals surface area contributed by atoms with Crippen molar-refractivity contribution in [3.8, 4) is 11.8 Å². The fraction of sp³-hybridized carbons (Fsp3) is 0. The van der Waals surface area contributed by atoms with E-state index in [1.807, 2.05) is 42.5 Å². The van der Waals surface area contributed by atoms with Crippen LogP contribution >= 0.6 is 0 Å². The van der Waals surface area contributed by atoms with Crippen LogP contribution in [0.1, 0.15) is 0 Å². The molecule has 0 aliphatic rings. The summed E-state index contributed by atoms with van der Waals surface area (Å²) in [4.78, 5) is 7.41. The molecule has 4 heteroatoms. The normalized spacial score (nSPS) is 10.6. The first-order valence-electron chi connectivity index (χ1n) is 5.29. The lowest BCUT2D eigenvalue weighted by molar-refractivity contribution is 0.449. The molecule has 0 spiro atoms. The fourth-order valence-electron chi connectivity index (χ4n) is 1.67. The van der Waals surface area contributed by atoms with Gasteiger partial charge in [-0.3, -0.25) is 0 Å². The lowest BCUT2D eigenvalue weighted by atomic mass is 10.3. The maximum absolute atomic E-state index is 5.68. The van der Waals surface area contributed by atoms with Gasteiger partial charge in [-0.05, 0) is 24.3 Å². The van der Waals surface area contributed by atoms with Gasteiger partial charge in [0, 0.05) is 11.8 Å². The monoisotopic (exact) mass is 225 g/mol. The minimum Gasteiger partial charge on any atom is -0.426 e. The van der Waals surface area contributed by atoms with E-state index in [2.05, 4.69) is 9.97 Å². The summed E-state index contributed by atoms with van der Waals surface area (Å²) < 4.78 is 5.60. The van der Waals surface area contributed by atoms with Crippen molar-refractivity contribution in [3.63, 3.8) is 0 Å². The lowest BCUT2D eigenvalue weighted by Crippen LogP contribution is -1.88. The fourth-order valence-corrected chi connectivity index (χ4v) is 1.67. The molecule has 4 nitrogen and oxygen atoms in total. The standard InChI is InChI=1S/C13H11N3O/c14-9-4-3-5-10(8-9)17-13-15-11-6-1-2-7-12(11)16-13/h1-8H,14H2,(H,15,16). The zero-order valence-electron chi connectivity index (χ0n) is 9.05. The van der Waals surface area contributed by atoms with Gasteiger partial charge in [-0.25, -0.2) is 0 Å². The van der Waals surface area contributed by atoms with Crippen molar-refractivity contribution >= 4 is 16.7 Å². The number of para-hydroxylation sites is 2. The quantitative estimate of drug-likeness (QED) is 0.659. The maximum atomic E-state index is 5.68. The Morgan fingerprint density at radius 1 is 1.06 bits per heavy atom. The van der Waals surface area contributed by atoms with Crippen molar-refractivity contribution in [1.82, 2.24) is 9.97 Å². The topological polar surface area (TPSA) is 63.9 Å². The van der Waals surface area contributed by atoms with Gasteiger partial charge in [-0.2, -0.15) is 4.98 Å². The van der Waals surface area contributed by atoms with Crippen LogP contribution in [0.3, 0.4) is 0 Å². The zero-order valence-corrected chi connectivity index (χ0v) is 9.05. The Balaban J connectivity index is 1.94. The Morgan fingerprint density at radius 2 is 1.94 bits per heavy atom. The molecule has 3 N–H and O–H groups in total. The number of benzene rings is 2. The number of hydrogen-bond acceptors (Lipinski definition) is 3. The number of rotatable bonds is 2. The molecule has 3 aromatic rings. The van der Waals surface area contributed by atoms with Gasteiger partial charge < -0.3 is 15.5 Å². The van der Waals surface area contributed by atoms with Crippen LogP contribution in [-0.4, -0.2) is 9.97 Å². The molecule has 1 heterocycles. The van der Waals surface area contributed by atoms with Gasteiger partial charge in [0.05, 0.1) is 11.0 Å². The molecule has 2 aromatic carbocycles. The van der Waals surface area contributed by atoms with Crippen LogP contribution in [0.2, 0.25) is 0 Å². The van der Waals surface area contributed by atoms with Gasteiger partial charge in [0.15, 0.2) is 0 Å². The van der Waals surface area contributed by atoms with Crippen LogP contribution in [0.25, 0.3) is 11.0 Å². The molecule has 0 saturated carbocycles. The van der Waals surface area contributed by atoms with Gasteiger partial charge in [0.2, 0.25) is 0 Å². The van der Waals surface area contributed by atoms with Crippen molar-refractivity contribution in [2.75, 3.05) is 5.73 Å². The second-order valence-electron chi connectivity index (χ2n) is 3.73. The van der Waals surface area contributed by atoms with E-state index in [0.29, 0.717) is 17.4 Å². The predicted octanol–water partition coefficient (Wildman–Crippen LogP) is 2.94. The number of anilines is 1. The summed E-state index contributed by atoms with van der Waals surface area (Å²) in [5, 5.41) is 0. The van der Waals surface area contributed by atoms with E-state index >= 15 is 0 Å². The number of aromatic nitrogens is 2. The van der Waals surface area contributed by atoms with Crippen LogP contribution in [-0.2, 0) is 0 Å². The molecule has 17 heavy (non-hydrogen) atoms. The third kappa shape index (κ3) is 1.92. The lowest BCUT2D eigenvalue weighted by Gasteiger charge is -2.01. The van der Waals surface area contributed by atoms with Crippen molar-refractivity contribution in [1.29, 1.82) is 0 Å². The first kappa shape index (κ1) is 9.72. The summed E-state index contributed by atoms with van der Waals surface area (Å²) in [6, 6.07) is 15.5. The van der Waals surface area contributed by atoms with E-state index in [1.54, 1.807) is 6.07 Å². The molecule has 1 aromatic heterocycles. The molecule has 0 radical (unpaired) electrons. The Hall–Kier alpha value is -2.49. The Labute approximate surface area is 98.1 Å². The molecule has 0 aliphatic carbocycles. The first-order chi connectivity index (χ1) is 8.31. The van der Waals surface area contributed by atoms with Gasteiger partial charge >= 0.3 is 0 Å². The predicted molar refractivity (Wildman–Crippen MR) is 67.0 cm³/mol. The van der Waals surface area contributed by atoms with Crippen molar-refractivity contribution in [3.05, 3.63) is 48.5 Å². The van der Waals surface area contributed by atoms with E-state index in [4.69, 9.17) is 10.5 Å². The molecule has 84 valence electrons. The molecule has 0 amide bonds. The second kappa shape index (κ2) is 3.83. The molecule has 0 unspecified atom stereocenters. The summed E-state index contributed by atoms with van der Waals surface area (Å²) in [5.41, 5.74) is 8.17. The average molecular weight is 225 g/mol. The highest BCUT2D eigenvalue weighted by Crippen LogP contribution is 2.22. The minimum absolute atomic E-state index is 0.469. The van der Waals surface area contributed by atoms with Crippen LogP contribution in [0.4, 0.5) is 5.69 Å². The van der Waals surface area contributed by atoms with E-state index in [0.717, 1.165) is 11.0 Å². The number of aromatic amines is 1. The minimum atomic E-state index is 0.469. The molecule has 0 aliphatic heterocycles. The Kier molecular flexibility index (Phi) is 2.19. The Morgan fingerprint density at radius 3 is 2.76 bits per heavy atom. The summed E-state index contributed by atoms with van der Waals surface area (Å²) in [5.74, 6) is 0.670.